The third-order valence-electron chi connectivity index (χ3n) is 2.37. The lowest BCUT2D eigenvalue weighted by atomic mass is 10.2. The van der Waals surface area contributed by atoms with E-state index in [0.29, 0.717) is 13.0 Å². The molecule has 0 radical (unpaired) electrons. The largest absolute Gasteiger partial charge is 0.392 e. The number of benzene rings is 1. The van der Waals surface area contributed by atoms with Crippen LogP contribution in [0.3, 0.4) is 0 Å². The van der Waals surface area contributed by atoms with Gasteiger partial charge in [-0.2, -0.15) is 0 Å². The number of hydrogen-bond acceptors (Lipinski definition) is 2. The fraction of sp³-hybridized carbons (Fsp3) is 0.455. The summed E-state index contributed by atoms with van der Waals surface area (Å²) in [4.78, 5) is 2.11. The van der Waals surface area contributed by atoms with Gasteiger partial charge in [0, 0.05) is 19.6 Å². The molecule has 0 amide bonds. The summed E-state index contributed by atoms with van der Waals surface area (Å²) >= 11 is 0. The summed E-state index contributed by atoms with van der Waals surface area (Å²) in [5.41, 5.74) is 1.24. The number of β-amino-alcohol motifs (C(OH)–C–C–N with tert-alkyl or cyclic N) is 1. The van der Waals surface area contributed by atoms with E-state index in [0.717, 1.165) is 13.1 Å². The Balaban J connectivity index is 1.94. The monoisotopic (exact) mass is 178 g/mol. The number of likely N-dealkylation sites (tertiary alicyclic amines) is 1. The molecular formula is C11H15NO. The molecule has 1 fully saturated rings. The predicted octanol–water partition coefficient (Wildman–Crippen LogP) is 1.25. The normalized spacial score (nSPS) is 30.4. The molecule has 0 unspecified atom stereocenters. The van der Waals surface area contributed by atoms with Crippen LogP contribution in [0.5, 0.6) is 0 Å². The van der Waals surface area contributed by atoms with Crippen LogP contribution >= 0.6 is 0 Å². The van der Waals surface area contributed by atoms with Gasteiger partial charge < -0.3 is 5.11 Å². The lowest BCUT2D eigenvalue weighted by Gasteiger charge is -2.14. The Morgan fingerprint density at radius 1 is 1.46 bits per heavy atom. The number of nitrogens with zero attached hydrogens (tertiary/aromatic N) is 1. The van der Waals surface area contributed by atoms with E-state index in [2.05, 4.69) is 17.0 Å². The van der Waals surface area contributed by atoms with Gasteiger partial charge in [-0.15, -0.1) is 0 Å². The molecule has 1 aromatic carbocycles. The minimum Gasteiger partial charge on any atom is -0.392 e. The first kappa shape index (κ1) is 7.54. The lowest BCUT2D eigenvalue weighted by Crippen LogP contribution is -2.21. The predicted molar refractivity (Wildman–Crippen MR) is 52.3 cm³/mol. The second kappa shape index (κ2) is 3.90. The smallest absolute Gasteiger partial charge is 0.0679 e. The second-order valence-corrected chi connectivity index (χ2v) is 3.51. The average molecular weight is 178 g/mol. The summed E-state index contributed by atoms with van der Waals surface area (Å²) in [7, 11) is 0. The number of rotatable bonds is 2. The minimum atomic E-state index is -1.23. The fourth-order valence-electron chi connectivity index (χ4n) is 1.68. The van der Waals surface area contributed by atoms with Crippen LogP contribution in [0.25, 0.3) is 0 Å². The van der Waals surface area contributed by atoms with E-state index < -0.39 is 6.08 Å². The molecule has 1 saturated heterocycles. The fourth-order valence-corrected chi connectivity index (χ4v) is 1.68. The van der Waals surface area contributed by atoms with Crippen molar-refractivity contribution in [1.29, 1.82) is 0 Å². The lowest BCUT2D eigenvalue weighted by molar-refractivity contribution is 0.175. The Morgan fingerprint density at radius 2 is 2.23 bits per heavy atom. The van der Waals surface area contributed by atoms with Crippen molar-refractivity contribution in [2.24, 2.45) is 0 Å². The molecule has 1 atom stereocenters. The van der Waals surface area contributed by atoms with Gasteiger partial charge in [0.2, 0.25) is 0 Å². The highest BCUT2D eigenvalue weighted by molar-refractivity contribution is 5.14. The average Bonchev–Trinajstić information content (AvgIpc) is 2.47. The number of aliphatic hydroxyl groups is 1. The highest BCUT2D eigenvalue weighted by Gasteiger charge is 2.19. The topological polar surface area (TPSA) is 23.5 Å². The maximum absolute atomic E-state index is 9.47. The van der Waals surface area contributed by atoms with Crippen molar-refractivity contribution in [2.75, 3.05) is 13.1 Å². The molecular weight excluding hydrogens is 162 g/mol. The second-order valence-electron chi connectivity index (χ2n) is 3.51. The highest BCUT2D eigenvalue weighted by Crippen LogP contribution is 2.12. The van der Waals surface area contributed by atoms with Crippen LogP contribution in [0.2, 0.25) is 0 Å². The first-order valence-corrected chi connectivity index (χ1v) is 4.64. The zero-order valence-corrected chi connectivity index (χ0v) is 7.61. The van der Waals surface area contributed by atoms with Gasteiger partial charge in [-0.05, 0) is 12.0 Å². The van der Waals surface area contributed by atoms with Gasteiger partial charge >= 0.3 is 0 Å². The summed E-state index contributed by atoms with van der Waals surface area (Å²) in [6.45, 7) is 2.11. The van der Waals surface area contributed by atoms with Crippen molar-refractivity contribution in [2.45, 2.75) is 19.0 Å². The molecule has 1 N–H and O–H groups in total. The molecule has 0 aromatic heterocycles. The van der Waals surface area contributed by atoms with E-state index in [9.17, 15) is 5.11 Å². The van der Waals surface area contributed by atoms with Gasteiger partial charge in [0.05, 0.1) is 7.45 Å². The molecule has 1 heterocycles. The first-order valence-electron chi connectivity index (χ1n) is 5.14. The Hall–Kier alpha value is -0.860. The first-order chi connectivity index (χ1) is 6.66. The van der Waals surface area contributed by atoms with E-state index in [-0.39, 0.29) is 0 Å². The number of hydrogen-bond donors (Lipinski definition) is 1. The molecule has 2 heteroatoms. The summed E-state index contributed by atoms with van der Waals surface area (Å²) < 4.78 is 7.50. The molecule has 2 nitrogen and oxygen atoms in total. The molecule has 0 saturated carbocycles. The van der Waals surface area contributed by atoms with Crippen LogP contribution in [-0.4, -0.2) is 29.2 Å². The van der Waals surface area contributed by atoms with Crippen molar-refractivity contribution in [1.82, 2.24) is 4.90 Å². The van der Waals surface area contributed by atoms with E-state index in [4.69, 9.17) is 1.37 Å². The SMILES string of the molecule is [2H][C@]1(O)CCN(Cc2ccccc2)C1. The maximum atomic E-state index is 9.47. The summed E-state index contributed by atoms with van der Waals surface area (Å²) in [5, 5.41) is 9.47. The third kappa shape index (κ3) is 2.29. The van der Waals surface area contributed by atoms with E-state index in [1.54, 1.807) is 0 Å². The van der Waals surface area contributed by atoms with Gasteiger partial charge in [0.15, 0.2) is 0 Å². The van der Waals surface area contributed by atoms with Gasteiger partial charge in [-0.3, -0.25) is 4.90 Å². The highest BCUT2D eigenvalue weighted by atomic mass is 16.3. The van der Waals surface area contributed by atoms with Crippen LogP contribution in [0, 0.1) is 0 Å². The van der Waals surface area contributed by atoms with Crippen LogP contribution < -0.4 is 0 Å². The molecule has 0 bridgehead atoms. The molecule has 0 spiro atoms. The Bertz CT molecular complexity index is 299. The van der Waals surface area contributed by atoms with Crippen LogP contribution in [-0.2, 0) is 6.54 Å². The Kier molecular flexibility index (Phi) is 2.26. The Morgan fingerprint density at radius 3 is 2.85 bits per heavy atom. The summed E-state index contributed by atoms with van der Waals surface area (Å²) in [5.74, 6) is 0. The van der Waals surface area contributed by atoms with Crippen LogP contribution in [0.4, 0.5) is 0 Å². The van der Waals surface area contributed by atoms with Gasteiger partial charge in [0.25, 0.3) is 0 Å². The summed E-state index contributed by atoms with van der Waals surface area (Å²) in [6.07, 6.45) is -0.672. The molecule has 0 aliphatic carbocycles. The van der Waals surface area contributed by atoms with Gasteiger partial charge in [-0.25, -0.2) is 0 Å². The van der Waals surface area contributed by atoms with Crippen molar-refractivity contribution in [3.63, 3.8) is 0 Å². The van der Waals surface area contributed by atoms with E-state index in [1.165, 1.54) is 5.56 Å². The summed E-state index contributed by atoms with van der Waals surface area (Å²) in [6, 6.07) is 10.2. The maximum Gasteiger partial charge on any atom is 0.0679 e. The van der Waals surface area contributed by atoms with Crippen molar-refractivity contribution in [3.8, 4) is 0 Å². The van der Waals surface area contributed by atoms with Gasteiger partial charge in [0.1, 0.15) is 0 Å². The van der Waals surface area contributed by atoms with E-state index >= 15 is 0 Å². The molecule has 1 aliphatic rings. The van der Waals surface area contributed by atoms with Crippen LogP contribution in [0.1, 0.15) is 13.4 Å². The molecule has 1 aliphatic heterocycles. The Labute approximate surface area is 80.2 Å². The molecule has 13 heavy (non-hydrogen) atoms. The molecule has 70 valence electrons. The van der Waals surface area contributed by atoms with E-state index in [1.807, 2.05) is 18.2 Å². The zero-order chi connectivity index (χ0) is 10.0. The van der Waals surface area contributed by atoms with Crippen molar-refractivity contribution < 1.29 is 6.48 Å². The van der Waals surface area contributed by atoms with Crippen molar-refractivity contribution in [3.05, 3.63) is 35.9 Å². The van der Waals surface area contributed by atoms with Gasteiger partial charge in [-0.1, -0.05) is 30.3 Å². The minimum absolute atomic E-state index is 0.460. The third-order valence-corrected chi connectivity index (χ3v) is 2.37. The van der Waals surface area contributed by atoms with Crippen LogP contribution in [0.15, 0.2) is 30.3 Å². The molecule has 2 rings (SSSR count). The molecule has 1 aromatic rings. The zero-order valence-electron chi connectivity index (χ0n) is 8.61. The quantitative estimate of drug-likeness (QED) is 0.737. The van der Waals surface area contributed by atoms with Crippen molar-refractivity contribution >= 4 is 0 Å². The standard InChI is InChI=1S/C11H15NO/c13-11-6-7-12(9-11)8-10-4-2-1-3-5-10/h1-5,11,13H,6-9H2/t11-/m0/s1/i11D.